The maximum Gasteiger partial charge on any atom is 0.229 e. The first-order chi connectivity index (χ1) is 20.5. The summed E-state index contributed by atoms with van der Waals surface area (Å²) >= 11 is 0. The summed E-state index contributed by atoms with van der Waals surface area (Å²) in [4.78, 5) is 13.2. The van der Waals surface area contributed by atoms with E-state index in [0.717, 1.165) is 6.07 Å². The Morgan fingerprint density at radius 1 is 0.791 bits per heavy atom. The van der Waals surface area contributed by atoms with Crippen LogP contribution in [0.3, 0.4) is 0 Å². The van der Waals surface area contributed by atoms with Crippen molar-refractivity contribution < 1.29 is 69.0 Å². The number of phenolic OH excluding ortho intramolecular Hbond substituents is 1. The lowest BCUT2D eigenvalue weighted by Crippen LogP contribution is -2.62. The Morgan fingerprint density at radius 3 is 2.07 bits per heavy atom. The normalized spacial score (nSPS) is 32.9. The van der Waals surface area contributed by atoms with Crippen LogP contribution in [-0.4, -0.2) is 123 Å². The van der Waals surface area contributed by atoms with E-state index in [2.05, 4.69) is 0 Å². The van der Waals surface area contributed by atoms with Crippen LogP contribution in [0.25, 0.3) is 22.1 Å². The molecule has 3 heterocycles. The van der Waals surface area contributed by atoms with Crippen molar-refractivity contribution in [2.75, 3.05) is 20.3 Å². The molecule has 43 heavy (non-hydrogen) atoms. The smallest absolute Gasteiger partial charge is 0.229 e. The number of methoxy groups -OCH3 is 1. The summed E-state index contributed by atoms with van der Waals surface area (Å²) < 4.78 is 32.6. The fourth-order valence-corrected chi connectivity index (χ4v) is 4.93. The minimum Gasteiger partial charge on any atom is -0.507 e. The van der Waals surface area contributed by atoms with Crippen LogP contribution in [0.15, 0.2) is 51.9 Å². The zero-order chi connectivity index (χ0) is 31.0. The van der Waals surface area contributed by atoms with Crippen molar-refractivity contribution in [1.82, 2.24) is 0 Å². The highest BCUT2D eigenvalue weighted by atomic mass is 16.7. The van der Waals surface area contributed by atoms with E-state index in [0.29, 0.717) is 11.3 Å². The van der Waals surface area contributed by atoms with Crippen molar-refractivity contribution in [2.45, 2.75) is 61.4 Å². The van der Waals surface area contributed by atoms with Gasteiger partial charge in [-0.3, -0.25) is 4.79 Å². The second-order valence-electron chi connectivity index (χ2n) is 10.2. The highest BCUT2D eigenvalue weighted by Gasteiger charge is 2.48. The van der Waals surface area contributed by atoms with Crippen molar-refractivity contribution in [3.63, 3.8) is 0 Å². The van der Waals surface area contributed by atoms with Gasteiger partial charge in [0, 0.05) is 12.1 Å². The monoisotopic (exact) mass is 608 g/mol. The van der Waals surface area contributed by atoms with Crippen LogP contribution in [0, 0.1) is 0 Å². The Balaban J connectivity index is 1.32. The number of aromatic hydroxyl groups is 1. The van der Waals surface area contributed by atoms with E-state index in [4.69, 9.17) is 28.1 Å². The highest BCUT2D eigenvalue weighted by Crippen LogP contribution is 2.33. The van der Waals surface area contributed by atoms with Gasteiger partial charge in [-0.05, 0) is 17.7 Å². The van der Waals surface area contributed by atoms with Crippen LogP contribution < -0.4 is 14.9 Å². The second-order valence-corrected chi connectivity index (χ2v) is 10.2. The Bertz CT molecular complexity index is 1460. The third-order valence-corrected chi connectivity index (χ3v) is 7.43. The lowest BCUT2D eigenvalue weighted by Gasteiger charge is -2.42. The van der Waals surface area contributed by atoms with Gasteiger partial charge in [-0.2, -0.15) is 0 Å². The van der Waals surface area contributed by atoms with Gasteiger partial charge in [0.2, 0.25) is 11.7 Å². The highest BCUT2D eigenvalue weighted by molar-refractivity contribution is 5.88. The molecule has 0 saturated carbocycles. The number of fused-ring (bicyclic) bond motifs is 1. The Kier molecular flexibility index (Phi) is 9.19. The molecule has 15 nitrogen and oxygen atoms in total. The second kappa shape index (κ2) is 12.7. The van der Waals surface area contributed by atoms with Gasteiger partial charge in [-0.25, -0.2) is 0 Å². The number of rotatable bonds is 8. The van der Waals surface area contributed by atoms with Crippen molar-refractivity contribution in [2.24, 2.45) is 0 Å². The first kappa shape index (κ1) is 31.1. The van der Waals surface area contributed by atoms with Gasteiger partial charge in [0.05, 0.1) is 25.9 Å². The van der Waals surface area contributed by atoms with E-state index in [1.807, 2.05) is 0 Å². The summed E-state index contributed by atoms with van der Waals surface area (Å²) in [6, 6.07) is 9.00. The topological polar surface area (TPSA) is 238 Å². The standard InChI is InChI=1S/C28H32O15/c1-38-12-4-2-11(3-5-12)14-9-39-16-7-13(6-15(30)19(16)20(14)31)41-28-26(37)24(35)22(33)18(43-28)10-40-27-25(36)23(34)21(32)17(8-29)42-27/h2-7,9,17-18,21-30,32-37H,8,10H2,1H3. The minimum atomic E-state index is -1.79. The molecule has 2 fully saturated rings. The number of hydrogen-bond donors (Lipinski definition) is 8. The molecule has 2 aliphatic rings. The van der Waals surface area contributed by atoms with Gasteiger partial charge < -0.3 is 69.0 Å². The SMILES string of the molecule is COc1ccc(-c2coc3cc(OC4OC(COC5OC(CO)C(O)C(O)C5O)C(O)C(O)C4O)cc(O)c3c2=O)cc1. The molecule has 5 rings (SSSR count). The molecule has 10 unspecified atom stereocenters. The molecule has 3 aromatic rings. The predicted octanol–water partition coefficient (Wildman–Crippen LogP) is -1.82. The molecule has 2 aliphatic heterocycles. The number of ether oxygens (including phenoxy) is 5. The van der Waals surface area contributed by atoms with Crippen molar-refractivity contribution >= 4 is 11.0 Å². The number of aliphatic hydroxyl groups excluding tert-OH is 7. The van der Waals surface area contributed by atoms with E-state index in [1.54, 1.807) is 24.3 Å². The largest absolute Gasteiger partial charge is 0.507 e. The summed E-state index contributed by atoms with van der Waals surface area (Å²) in [6.45, 7) is -1.24. The van der Waals surface area contributed by atoms with Gasteiger partial charge in [-0.15, -0.1) is 0 Å². The fourth-order valence-electron chi connectivity index (χ4n) is 4.93. The summed E-state index contributed by atoms with van der Waals surface area (Å²) in [5.74, 6) is -0.0254. The predicted molar refractivity (Wildman–Crippen MR) is 143 cm³/mol. The lowest BCUT2D eigenvalue weighted by molar-refractivity contribution is -0.323. The molecule has 2 aromatic carbocycles. The third-order valence-electron chi connectivity index (χ3n) is 7.43. The molecule has 1 aromatic heterocycles. The van der Waals surface area contributed by atoms with Gasteiger partial charge in [-0.1, -0.05) is 12.1 Å². The minimum absolute atomic E-state index is 0.0503. The van der Waals surface area contributed by atoms with Gasteiger partial charge in [0.25, 0.3) is 0 Å². The molecule has 0 spiro atoms. The molecule has 10 atom stereocenters. The summed E-state index contributed by atoms with van der Waals surface area (Å²) in [5, 5.41) is 81.3. The first-order valence-electron chi connectivity index (χ1n) is 13.3. The molecule has 2 saturated heterocycles. The number of benzene rings is 2. The zero-order valence-electron chi connectivity index (χ0n) is 22.7. The molecule has 0 amide bonds. The Morgan fingerprint density at radius 2 is 1.42 bits per heavy atom. The fraction of sp³-hybridized carbons (Fsp3) is 0.464. The average Bonchev–Trinajstić information content (AvgIpc) is 3.00. The zero-order valence-corrected chi connectivity index (χ0v) is 22.7. The first-order valence-corrected chi connectivity index (χ1v) is 13.3. The van der Waals surface area contributed by atoms with Crippen molar-refractivity contribution in [3.05, 3.63) is 52.9 Å². The van der Waals surface area contributed by atoms with Gasteiger partial charge >= 0.3 is 0 Å². The molecule has 15 heteroatoms. The van der Waals surface area contributed by atoms with E-state index >= 15 is 0 Å². The number of phenols is 1. The van der Waals surface area contributed by atoms with Crippen LogP contribution in [0.1, 0.15) is 0 Å². The van der Waals surface area contributed by atoms with E-state index < -0.39 is 85.8 Å². The molecule has 8 N–H and O–H groups in total. The summed E-state index contributed by atoms with van der Waals surface area (Å²) in [7, 11) is 1.51. The molecule has 0 aliphatic carbocycles. The third kappa shape index (κ3) is 6.05. The molecular formula is C28H32O15. The number of hydrogen-bond acceptors (Lipinski definition) is 15. The van der Waals surface area contributed by atoms with Crippen LogP contribution in [0.5, 0.6) is 17.2 Å². The van der Waals surface area contributed by atoms with E-state index in [1.165, 1.54) is 19.4 Å². The maximum atomic E-state index is 13.2. The van der Waals surface area contributed by atoms with Crippen LogP contribution in [0.4, 0.5) is 0 Å². The summed E-state index contributed by atoms with van der Waals surface area (Å²) in [6.07, 6.45) is -14.8. The number of aliphatic hydroxyl groups is 7. The molecule has 0 bridgehead atoms. The molecular weight excluding hydrogens is 576 g/mol. The van der Waals surface area contributed by atoms with Crippen LogP contribution in [0.2, 0.25) is 0 Å². The van der Waals surface area contributed by atoms with Crippen molar-refractivity contribution in [1.29, 1.82) is 0 Å². The quantitative estimate of drug-likeness (QED) is 0.140. The molecule has 0 radical (unpaired) electrons. The van der Waals surface area contributed by atoms with Crippen LogP contribution >= 0.6 is 0 Å². The Hall–Kier alpha value is -3.35. The van der Waals surface area contributed by atoms with Crippen LogP contribution in [-0.2, 0) is 14.2 Å². The maximum absolute atomic E-state index is 13.2. The summed E-state index contributed by atoms with van der Waals surface area (Å²) in [5.41, 5.74) is 0.142. The Labute approximate surface area is 243 Å². The lowest BCUT2D eigenvalue weighted by atomic mass is 9.98. The van der Waals surface area contributed by atoms with Gasteiger partial charge in [0.1, 0.15) is 83.3 Å². The molecule has 234 valence electrons. The average molecular weight is 609 g/mol. The van der Waals surface area contributed by atoms with Gasteiger partial charge in [0.15, 0.2) is 6.29 Å². The van der Waals surface area contributed by atoms with E-state index in [9.17, 15) is 45.6 Å². The van der Waals surface area contributed by atoms with Crippen molar-refractivity contribution in [3.8, 4) is 28.4 Å². The van der Waals surface area contributed by atoms with E-state index in [-0.39, 0.29) is 22.3 Å².